The van der Waals surface area contributed by atoms with Crippen LogP contribution in [0, 0.1) is 0 Å². The van der Waals surface area contributed by atoms with Crippen molar-refractivity contribution in [3.8, 4) is 11.3 Å². The SMILES string of the molecule is NC(=O)c1ccccc1NC(=O)c1cc(-c2ccc(Br)cc2)n[nH]1. The number of nitrogens with zero attached hydrogens (tertiary/aromatic N) is 1. The van der Waals surface area contributed by atoms with Crippen molar-refractivity contribution in [3.63, 3.8) is 0 Å². The molecule has 4 N–H and O–H groups in total. The molecule has 0 aliphatic carbocycles. The fraction of sp³-hybridized carbons (Fsp3) is 0. The molecule has 0 radical (unpaired) electrons. The molecule has 0 bridgehead atoms. The van der Waals surface area contributed by atoms with E-state index in [4.69, 9.17) is 5.73 Å². The number of amides is 2. The van der Waals surface area contributed by atoms with Gasteiger partial charge in [0.2, 0.25) is 0 Å². The average Bonchev–Trinajstić information content (AvgIpc) is 3.06. The molecule has 3 aromatic rings. The summed E-state index contributed by atoms with van der Waals surface area (Å²) < 4.78 is 0.961. The van der Waals surface area contributed by atoms with Crippen molar-refractivity contribution >= 4 is 33.4 Å². The number of para-hydroxylation sites is 1. The van der Waals surface area contributed by atoms with Crippen molar-refractivity contribution in [1.29, 1.82) is 0 Å². The second-order valence-corrected chi connectivity index (χ2v) is 5.95. The predicted molar refractivity (Wildman–Crippen MR) is 94.6 cm³/mol. The minimum absolute atomic E-state index is 0.249. The van der Waals surface area contributed by atoms with E-state index in [1.807, 2.05) is 24.3 Å². The topological polar surface area (TPSA) is 101 Å². The summed E-state index contributed by atoms with van der Waals surface area (Å²) >= 11 is 3.37. The van der Waals surface area contributed by atoms with Gasteiger partial charge in [0.05, 0.1) is 16.9 Å². The number of anilines is 1. The Morgan fingerprint density at radius 1 is 1.08 bits per heavy atom. The zero-order valence-corrected chi connectivity index (χ0v) is 14.0. The van der Waals surface area contributed by atoms with Crippen LogP contribution in [0.1, 0.15) is 20.8 Å². The third-order valence-corrected chi connectivity index (χ3v) is 3.93. The Morgan fingerprint density at radius 2 is 1.79 bits per heavy atom. The Balaban J connectivity index is 1.82. The largest absolute Gasteiger partial charge is 0.366 e. The lowest BCUT2D eigenvalue weighted by Crippen LogP contribution is -2.18. The molecule has 0 saturated heterocycles. The van der Waals surface area contributed by atoms with E-state index in [-0.39, 0.29) is 11.3 Å². The van der Waals surface area contributed by atoms with Crippen molar-refractivity contribution in [3.05, 3.63) is 70.3 Å². The summed E-state index contributed by atoms with van der Waals surface area (Å²) in [7, 11) is 0. The van der Waals surface area contributed by atoms with Crippen LogP contribution < -0.4 is 11.1 Å². The lowest BCUT2D eigenvalue weighted by atomic mass is 10.1. The molecule has 0 fully saturated rings. The molecule has 0 saturated carbocycles. The van der Waals surface area contributed by atoms with Crippen LogP contribution in [0.4, 0.5) is 5.69 Å². The minimum Gasteiger partial charge on any atom is -0.366 e. The fourth-order valence-electron chi connectivity index (χ4n) is 2.20. The lowest BCUT2D eigenvalue weighted by Gasteiger charge is -2.07. The Bertz CT molecular complexity index is 903. The molecule has 0 spiro atoms. The van der Waals surface area contributed by atoms with Gasteiger partial charge in [0.25, 0.3) is 11.8 Å². The lowest BCUT2D eigenvalue weighted by molar-refractivity contribution is 0.100. The number of halogens is 1. The van der Waals surface area contributed by atoms with Gasteiger partial charge in [-0.05, 0) is 30.3 Å². The number of hydrogen-bond donors (Lipinski definition) is 3. The third kappa shape index (κ3) is 3.36. The number of rotatable bonds is 4. The maximum Gasteiger partial charge on any atom is 0.273 e. The van der Waals surface area contributed by atoms with E-state index in [2.05, 4.69) is 31.4 Å². The van der Waals surface area contributed by atoms with Gasteiger partial charge in [0.15, 0.2) is 0 Å². The van der Waals surface area contributed by atoms with Gasteiger partial charge < -0.3 is 11.1 Å². The predicted octanol–water partition coefficient (Wildman–Crippen LogP) is 3.19. The van der Waals surface area contributed by atoms with Crippen molar-refractivity contribution in [2.75, 3.05) is 5.32 Å². The highest BCUT2D eigenvalue weighted by Crippen LogP contribution is 2.21. The number of primary amides is 1. The van der Waals surface area contributed by atoms with Crippen LogP contribution in [0.2, 0.25) is 0 Å². The highest BCUT2D eigenvalue weighted by molar-refractivity contribution is 9.10. The van der Waals surface area contributed by atoms with Crippen LogP contribution in [0.5, 0.6) is 0 Å². The summed E-state index contributed by atoms with van der Waals surface area (Å²) in [5, 5.41) is 9.50. The van der Waals surface area contributed by atoms with Crippen LogP contribution in [-0.4, -0.2) is 22.0 Å². The monoisotopic (exact) mass is 384 g/mol. The molecule has 0 aliphatic rings. The van der Waals surface area contributed by atoms with Crippen LogP contribution >= 0.6 is 15.9 Å². The quantitative estimate of drug-likeness (QED) is 0.643. The summed E-state index contributed by atoms with van der Waals surface area (Å²) in [4.78, 5) is 23.7. The zero-order chi connectivity index (χ0) is 17.1. The normalized spacial score (nSPS) is 10.4. The number of aromatic amines is 1. The van der Waals surface area contributed by atoms with Gasteiger partial charge in [-0.3, -0.25) is 14.7 Å². The zero-order valence-electron chi connectivity index (χ0n) is 12.4. The molecule has 6 nitrogen and oxygen atoms in total. The summed E-state index contributed by atoms with van der Waals surface area (Å²) in [6, 6.07) is 15.8. The summed E-state index contributed by atoms with van der Waals surface area (Å²) in [5.74, 6) is -1.01. The van der Waals surface area contributed by atoms with Gasteiger partial charge in [0, 0.05) is 10.0 Å². The van der Waals surface area contributed by atoms with Crippen molar-refractivity contribution < 1.29 is 9.59 Å². The van der Waals surface area contributed by atoms with Crippen molar-refractivity contribution in [2.24, 2.45) is 5.73 Å². The number of nitrogens with two attached hydrogens (primary N) is 1. The number of carbonyl (C=O) groups is 2. The van der Waals surface area contributed by atoms with Gasteiger partial charge in [-0.1, -0.05) is 40.2 Å². The molecule has 1 heterocycles. The highest BCUT2D eigenvalue weighted by Gasteiger charge is 2.14. The second kappa shape index (κ2) is 6.67. The molecule has 120 valence electrons. The van der Waals surface area contributed by atoms with E-state index in [0.29, 0.717) is 11.4 Å². The molecule has 3 rings (SSSR count). The van der Waals surface area contributed by atoms with Gasteiger partial charge in [-0.25, -0.2) is 0 Å². The first-order valence-corrected chi connectivity index (χ1v) is 7.85. The van der Waals surface area contributed by atoms with Crippen molar-refractivity contribution in [1.82, 2.24) is 10.2 Å². The van der Waals surface area contributed by atoms with E-state index in [1.54, 1.807) is 30.3 Å². The highest BCUT2D eigenvalue weighted by atomic mass is 79.9. The first-order valence-electron chi connectivity index (χ1n) is 7.06. The van der Waals surface area contributed by atoms with Gasteiger partial charge in [0.1, 0.15) is 5.69 Å². The smallest absolute Gasteiger partial charge is 0.273 e. The van der Waals surface area contributed by atoms with Crippen LogP contribution in [0.3, 0.4) is 0 Å². The first-order chi connectivity index (χ1) is 11.5. The fourth-order valence-corrected chi connectivity index (χ4v) is 2.47. The summed E-state index contributed by atoms with van der Waals surface area (Å²) in [6.45, 7) is 0. The minimum atomic E-state index is -0.605. The van der Waals surface area contributed by atoms with Gasteiger partial charge >= 0.3 is 0 Å². The number of nitrogens with one attached hydrogen (secondary N) is 2. The second-order valence-electron chi connectivity index (χ2n) is 5.04. The van der Waals surface area contributed by atoms with Crippen LogP contribution in [0.25, 0.3) is 11.3 Å². The molecule has 2 amide bonds. The van der Waals surface area contributed by atoms with Gasteiger partial charge in [-0.15, -0.1) is 0 Å². The molecule has 2 aromatic carbocycles. The summed E-state index contributed by atoms with van der Waals surface area (Å²) in [5.41, 5.74) is 7.73. The number of carbonyl (C=O) groups excluding carboxylic acids is 2. The van der Waals surface area contributed by atoms with E-state index < -0.39 is 11.8 Å². The Morgan fingerprint density at radius 3 is 2.50 bits per heavy atom. The third-order valence-electron chi connectivity index (χ3n) is 3.40. The Kier molecular flexibility index (Phi) is 4.43. The van der Waals surface area contributed by atoms with E-state index in [9.17, 15) is 9.59 Å². The van der Waals surface area contributed by atoms with Crippen LogP contribution in [0.15, 0.2) is 59.1 Å². The molecule has 7 heteroatoms. The average molecular weight is 385 g/mol. The molecular formula is C17H13BrN4O2. The maximum absolute atomic E-state index is 12.3. The summed E-state index contributed by atoms with van der Waals surface area (Å²) in [6.07, 6.45) is 0. The van der Waals surface area contributed by atoms with Crippen LogP contribution in [-0.2, 0) is 0 Å². The van der Waals surface area contributed by atoms with E-state index in [1.165, 1.54) is 0 Å². The number of benzene rings is 2. The molecule has 0 unspecified atom stereocenters. The van der Waals surface area contributed by atoms with E-state index in [0.717, 1.165) is 10.0 Å². The standard InChI is InChI=1S/C17H13BrN4O2/c18-11-7-5-10(6-8-11)14-9-15(22-21-14)17(24)20-13-4-2-1-3-12(13)16(19)23/h1-9H,(H2,19,23)(H,20,24)(H,21,22). The number of H-pyrrole nitrogens is 1. The molecule has 0 atom stereocenters. The number of hydrogen-bond acceptors (Lipinski definition) is 3. The maximum atomic E-state index is 12.3. The van der Waals surface area contributed by atoms with E-state index >= 15 is 0 Å². The number of aromatic nitrogens is 2. The Labute approximate surface area is 146 Å². The Hall–Kier alpha value is -2.93. The molecule has 24 heavy (non-hydrogen) atoms. The molecule has 0 aliphatic heterocycles. The first kappa shape index (κ1) is 15.9. The molecule has 1 aromatic heterocycles. The molecular weight excluding hydrogens is 372 g/mol. The van der Waals surface area contributed by atoms with Crippen molar-refractivity contribution in [2.45, 2.75) is 0 Å². The van der Waals surface area contributed by atoms with Gasteiger partial charge in [-0.2, -0.15) is 5.10 Å².